The lowest BCUT2D eigenvalue weighted by atomic mass is 10.1. The van der Waals surface area contributed by atoms with Gasteiger partial charge in [-0.15, -0.1) is 0 Å². The number of ether oxygens (including phenoxy) is 1. The Labute approximate surface area is 115 Å². The number of esters is 1. The highest BCUT2D eigenvalue weighted by Crippen LogP contribution is 2.11. The highest BCUT2D eigenvalue weighted by atomic mass is 32.2. The molecule has 20 heavy (non-hydrogen) atoms. The van der Waals surface area contributed by atoms with Crippen LogP contribution in [0.25, 0.3) is 0 Å². The third-order valence-electron chi connectivity index (χ3n) is 2.45. The van der Waals surface area contributed by atoms with Crippen LogP contribution in [-0.4, -0.2) is 30.8 Å². The van der Waals surface area contributed by atoms with Crippen LogP contribution in [0.3, 0.4) is 0 Å². The molecule has 0 radical (unpaired) electrons. The molecule has 5 N–H and O–H groups in total. The molecule has 2 atom stereocenters. The first kappa shape index (κ1) is 16.1. The van der Waals surface area contributed by atoms with Gasteiger partial charge in [-0.05, 0) is 5.56 Å². The number of carboxylic acids is 1. The van der Waals surface area contributed by atoms with Gasteiger partial charge in [-0.1, -0.05) is 30.3 Å². The number of carboxylic acid groups (broad SMARTS) is 1. The summed E-state index contributed by atoms with van der Waals surface area (Å²) >= 11 is 0. The fourth-order valence-corrected chi connectivity index (χ4v) is 1.99. The van der Waals surface area contributed by atoms with Crippen LogP contribution in [0.1, 0.15) is 5.56 Å². The number of carbonyl (C=O) groups excluding carboxylic acids is 1. The lowest BCUT2D eigenvalue weighted by Crippen LogP contribution is -2.49. The monoisotopic (exact) mass is 302 g/mol. The number of hydrogen-bond acceptors (Lipinski definition) is 6. The first-order valence-electron chi connectivity index (χ1n) is 5.44. The molecule has 0 bridgehead atoms. The Morgan fingerprint density at radius 2 is 1.80 bits per heavy atom. The van der Waals surface area contributed by atoms with Crippen LogP contribution in [-0.2, 0) is 31.0 Å². The fourth-order valence-electron chi connectivity index (χ4n) is 1.38. The lowest BCUT2D eigenvalue weighted by Gasteiger charge is -2.17. The molecule has 1 aromatic carbocycles. The van der Waals surface area contributed by atoms with E-state index in [1.165, 1.54) is 0 Å². The molecule has 0 fully saturated rings. The number of benzene rings is 1. The first-order valence-corrected chi connectivity index (χ1v) is 7.05. The highest BCUT2D eigenvalue weighted by molar-refractivity contribution is 7.89. The van der Waals surface area contributed by atoms with E-state index in [0.29, 0.717) is 5.56 Å². The van der Waals surface area contributed by atoms with E-state index in [1.54, 1.807) is 30.3 Å². The van der Waals surface area contributed by atoms with E-state index in [-0.39, 0.29) is 6.61 Å². The van der Waals surface area contributed by atoms with Gasteiger partial charge in [0.15, 0.2) is 5.92 Å². The Bertz CT molecular complexity index is 586. The van der Waals surface area contributed by atoms with E-state index < -0.39 is 33.3 Å². The van der Waals surface area contributed by atoms with Crippen LogP contribution < -0.4 is 10.9 Å². The van der Waals surface area contributed by atoms with Crippen molar-refractivity contribution in [2.45, 2.75) is 12.0 Å². The van der Waals surface area contributed by atoms with Crippen molar-refractivity contribution in [3.63, 3.8) is 0 Å². The van der Waals surface area contributed by atoms with Gasteiger partial charge >= 0.3 is 11.9 Å². The second-order valence-electron chi connectivity index (χ2n) is 3.96. The zero-order valence-electron chi connectivity index (χ0n) is 10.3. The molecule has 0 heterocycles. The van der Waals surface area contributed by atoms with Crippen LogP contribution in [0.5, 0.6) is 0 Å². The first-order chi connectivity index (χ1) is 9.23. The molecule has 1 aromatic rings. The Hall–Kier alpha value is -1.97. The number of aliphatic carboxylic acids is 1. The second kappa shape index (κ2) is 6.46. The van der Waals surface area contributed by atoms with Gasteiger partial charge in [-0.3, -0.25) is 9.59 Å². The molecule has 2 unspecified atom stereocenters. The van der Waals surface area contributed by atoms with Crippen LogP contribution in [0.2, 0.25) is 0 Å². The summed E-state index contributed by atoms with van der Waals surface area (Å²) in [4.78, 5) is 22.6. The smallest absolute Gasteiger partial charge is 0.323 e. The number of nitrogens with two attached hydrogens (primary N) is 2. The summed E-state index contributed by atoms with van der Waals surface area (Å²) in [7, 11) is -4.38. The Morgan fingerprint density at radius 1 is 1.25 bits per heavy atom. The molecule has 0 aliphatic heterocycles. The van der Waals surface area contributed by atoms with Gasteiger partial charge in [0.2, 0.25) is 10.0 Å². The normalized spacial score (nSPS) is 14.3. The van der Waals surface area contributed by atoms with Gasteiger partial charge in [-0.25, -0.2) is 13.6 Å². The van der Waals surface area contributed by atoms with Crippen molar-refractivity contribution in [2.24, 2.45) is 16.8 Å². The molecule has 0 saturated heterocycles. The van der Waals surface area contributed by atoms with Crippen molar-refractivity contribution in [1.82, 2.24) is 0 Å². The highest BCUT2D eigenvalue weighted by Gasteiger charge is 2.40. The molecule has 110 valence electrons. The minimum absolute atomic E-state index is 0.194. The Morgan fingerprint density at radius 3 is 2.25 bits per heavy atom. The van der Waals surface area contributed by atoms with Crippen molar-refractivity contribution >= 4 is 22.0 Å². The minimum atomic E-state index is -4.38. The van der Waals surface area contributed by atoms with Crippen molar-refractivity contribution in [3.05, 3.63) is 35.9 Å². The molecule has 1 rings (SSSR count). The number of hydrogen-bond donors (Lipinski definition) is 3. The third kappa shape index (κ3) is 4.30. The molecular formula is C11H14N2O6S. The van der Waals surface area contributed by atoms with Crippen molar-refractivity contribution in [2.75, 3.05) is 0 Å². The van der Waals surface area contributed by atoms with Crippen LogP contribution in [0, 0.1) is 5.92 Å². The molecular weight excluding hydrogens is 288 g/mol. The maximum absolute atomic E-state index is 11.6. The van der Waals surface area contributed by atoms with E-state index >= 15 is 0 Å². The van der Waals surface area contributed by atoms with Gasteiger partial charge in [-0.2, -0.15) is 0 Å². The van der Waals surface area contributed by atoms with Gasteiger partial charge in [0, 0.05) is 0 Å². The van der Waals surface area contributed by atoms with Crippen LogP contribution in [0.15, 0.2) is 30.3 Å². The summed E-state index contributed by atoms with van der Waals surface area (Å²) in [6.45, 7) is -0.194. The molecule has 0 aliphatic rings. The predicted molar refractivity (Wildman–Crippen MR) is 68.4 cm³/mol. The molecule has 0 amide bonds. The number of sulfonamides is 1. The van der Waals surface area contributed by atoms with Gasteiger partial charge in [0.05, 0.1) is 0 Å². The van der Waals surface area contributed by atoms with E-state index in [4.69, 9.17) is 20.7 Å². The van der Waals surface area contributed by atoms with Gasteiger partial charge < -0.3 is 15.6 Å². The minimum Gasteiger partial charge on any atom is -0.481 e. The lowest BCUT2D eigenvalue weighted by molar-refractivity contribution is -0.159. The molecule has 9 heteroatoms. The summed E-state index contributed by atoms with van der Waals surface area (Å²) < 4.78 is 26.8. The van der Waals surface area contributed by atoms with Gasteiger partial charge in [0.1, 0.15) is 12.0 Å². The average molecular weight is 302 g/mol. The maximum atomic E-state index is 11.6. The topological polar surface area (TPSA) is 150 Å². The fraction of sp³-hybridized carbons (Fsp3) is 0.273. The molecule has 0 saturated carbocycles. The number of primary sulfonamides is 1. The molecule has 0 aliphatic carbocycles. The van der Waals surface area contributed by atoms with E-state index in [0.717, 1.165) is 0 Å². The maximum Gasteiger partial charge on any atom is 0.323 e. The third-order valence-corrected chi connectivity index (χ3v) is 3.48. The van der Waals surface area contributed by atoms with Crippen LogP contribution in [0.4, 0.5) is 0 Å². The average Bonchev–Trinajstić information content (AvgIpc) is 2.36. The van der Waals surface area contributed by atoms with Crippen molar-refractivity contribution < 1.29 is 27.9 Å². The van der Waals surface area contributed by atoms with E-state index in [2.05, 4.69) is 0 Å². The van der Waals surface area contributed by atoms with Gasteiger partial charge in [0.25, 0.3) is 0 Å². The zero-order valence-corrected chi connectivity index (χ0v) is 11.1. The van der Waals surface area contributed by atoms with Crippen LogP contribution >= 0.6 is 0 Å². The summed E-state index contributed by atoms with van der Waals surface area (Å²) in [5.41, 5.74) is 5.79. The quantitative estimate of drug-likeness (QED) is 0.450. The summed E-state index contributed by atoms with van der Waals surface area (Å²) in [5.74, 6) is -5.05. The summed E-state index contributed by atoms with van der Waals surface area (Å²) in [6, 6.07) is 8.47. The zero-order chi connectivity index (χ0) is 15.3. The largest absolute Gasteiger partial charge is 0.481 e. The van der Waals surface area contributed by atoms with Crippen molar-refractivity contribution in [1.29, 1.82) is 0 Å². The number of carbonyl (C=O) groups is 2. The Balaban J connectivity index is 2.78. The molecule has 0 spiro atoms. The molecule has 8 nitrogen and oxygen atoms in total. The predicted octanol–water partition coefficient (Wildman–Crippen LogP) is -0.996. The number of rotatable bonds is 6. The summed E-state index contributed by atoms with van der Waals surface area (Å²) in [5, 5.41) is 11.5. The Kier molecular flexibility index (Phi) is 5.19. The standard InChI is InChI=1S/C11H14N2O6S/c12-9(20(13,17)18)8(10(14)15)11(16)19-6-7-4-2-1-3-5-7/h1-5,8-9H,6,12H2,(H,14,15)(H2,13,17,18). The summed E-state index contributed by atoms with van der Waals surface area (Å²) in [6.07, 6.45) is 0. The second-order valence-corrected chi connectivity index (χ2v) is 5.69. The SMILES string of the molecule is NC(C(C(=O)O)C(=O)OCc1ccccc1)S(N)(=O)=O. The van der Waals surface area contributed by atoms with E-state index in [9.17, 15) is 18.0 Å². The van der Waals surface area contributed by atoms with Crippen molar-refractivity contribution in [3.8, 4) is 0 Å². The van der Waals surface area contributed by atoms with E-state index in [1.807, 2.05) is 0 Å². The molecule has 0 aromatic heterocycles.